The van der Waals surface area contributed by atoms with Gasteiger partial charge in [0.05, 0.1) is 0 Å². The molecule has 0 unspecified atom stereocenters. The molecule has 0 heterocycles. The highest BCUT2D eigenvalue weighted by molar-refractivity contribution is 9.10. The number of benzene rings is 1. The van der Waals surface area contributed by atoms with Gasteiger partial charge in [-0.15, -0.1) is 0 Å². The molecule has 0 bridgehead atoms. The fourth-order valence-electron chi connectivity index (χ4n) is 1.14. The zero-order valence-electron chi connectivity index (χ0n) is 7.27. The summed E-state index contributed by atoms with van der Waals surface area (Å²) < 4.78 is 0. The van der Waals surface area contributed by atoms with Crippen LogP contribution in [-0.2, 0) is 4.79 Å². The summed E-state index contributed by atoms with van der Waals surface area (Å²) in [5.41, 5.74) is 1.03. The maximum Gasteiger partial charge on any atom is 0.317 e. The van der Waals surface area contributed by atoms with E-state index in [2.05, 4.69) is 15.9 Å². The van der Waals surface area contributed by atoms with E-state index < -0.39 is 10.8 Å². The summed E-state index contributed by atoms with van der Waals surface area (Å²) in [5, 5.41) is 8.77. The molecule has 13 heavy (non-hydrogen) atoms. The van der Waals surface area contributed by atoms with Gasteiger partial charge in [-0.3, -0.25) is 4.79 Å². The summed E-state index contributed by atoms with van der Waals surface area (Å²) in [4.78, 5) is 10.1. The second kappa shape index (κ2) is 4.42. The van der Waals surface area contributed by atoms with E-state index in [-0.39, 0.29) is 5.92 Å². The van der Waals surface area contributed by atoms with Crippen molar-refractivity contribution in [3.8, 4) is 0 Å². The van der Waals surface area contributed by atoms with E-state index in [4.69, 9.17) is 5.11 Å². The molecule has 3 heteroatoms. The van der Waals surface area contributed by atoms with Crippen molar-refractivity contribution in [1.82, 2.24) is 0 Å². The average Bonchev–Trinajstić information content (AvgIpc) is 2.17. The minimum Gasteiger partial charge on any atom is -0.480 e. The van der Waals surface area contributed by atoms with Gasteiger partial charge in [0.2, 0.25) is 0 Å². The lowest BCUT2D eigenvalue weighted by Gasteiger charge is -2.14. The van der Waals surface area contributed by atoms with Crippen molar-refractivity contribution in [3.05, 3.63) is 35.9 Å². The number of alkyl halides is 1. The van der Waals surface area contributed by atoms with Gasteiger partial charge < -0.3 is 5.11 Å². The Balaban J connectivity index is 2.79. The summed E-state index contributed by atoms with van der Waals surface area (Å²) in [5.74, 6) is -0.838. The Bertz CT molecular complexity index is 284. The molecule has 70 valence electrons. The van der Waals surface area contributed by atoms with Crippen LogP contribution < -0.4 is 0 Å². The van der Waals surface area contributed by atoms with Crippen LogP contribution in [0.3, 0.4) is 0 Å². The molecule has 0 radical (unpaired) electrons. The van der Waals surface area contributed by atoms with Crippen molar-refractivity contribution in [3.63, 3.8) is 0 Å². The van der Waals surface area contributed by atoms with Crippen molar-refractivity contribution in [2.45, 2.75) is 17.7 Å². The minimum absolute atomic E-state index is 0.0151. The van der Waals surface area contributed by atoms with Crippen LogP contribution in [0.25, 0.3) is 0 Å². The Morgan fingerprint density at radius 3 is 2.38 bits per heavy atom. The van der Waals surface area contributed by atoms with Crippen molar-refractivity contribution >= 4 is 21.9 Å². The highest BCUT2D eigenvalue weighted by Crippen LogP contribution is 2.24. The highest BCUT2D eigenvalue weighted by Gasteiger charge is 2.22. The smallest absolute Gasteiger partial charge is 0.317 e. The fourth-order valence-corrected chi connectivity index (χ4v) is 1.44. The molecule has 2 atom stereocenters. The molecule has 0 aromatic heterocycles. The molecule has 1 aromatic rings. The van der Waals surface area contributed by atoms with E-state index >= 15 is 0 Å². The Morgan fingerprint density at radius 2 is 1.92 bits per heavy atom. The first-order valence-corrected chi connectivity index (χ1v) is 4.96. The maximum atomic E-state index is 10.7. The van der Waals surface area contributed by atoms with Gasteiger partial charge in [-0.1, -0.05) is 53.2 Å². The van der Waals surface area contributed by atoms with Crippen molar-refractivity contribution in [1.29, 1.82) is 0 Å². The Kier molecular flexibility index (Phi) is 3.48. The van der Waals surface area contributed by atoms with Gasteiger partial charge in [-0.25, -0.2) is 0 Å². The molecule has 2 nitrogen and oxygen atoms in total. The van der Waals surface area contributed by atoms with Crippen LogP contribution in [0.4, 0.5) is 0 Å². The lowest BCUT2D eigenvalue weighted by atomic mass is 9.98. The molecular formula is C10H11BrO2. The van der Waals surface area contributed by atoms with Gasteiger partial charge in [0.15, 0.2) is 0 Å². The van der Waals surface area contributed by atoms with E-state index in [1.165, 1.54) is 0 Å². The fraction of sp³-hybridized carbons (Fsp3) is 0.300. The number of halogens is 1. The van der Waals surface area contributed by atoms with Crippen LogP contribution in [0.1, 0.15) is 18.4 Å². The van der Waals surface area contributed by atoms with Crippen LogP contribution in [0.5, 0.6) is 0 Å². The van der Waals surface area contributed by atoms with Crippen molar-refractivity contribution < 1.29 is 9.90 Å². The molecule has 0 aliphatic rings. The molecule has 0 aliphatic heterocycles. The van der Waals surface area contributed by atoms with Crippen LogP contribution in [0, 0.1) is 0 Å². The van der Waals surface area contributed by atoms with E-state index in [0.717, 1.165) is 5.56 Å². The zero-order chi connectivity index (χ0) is 9.84. The van der Waals surface area contributed by atoms with Crippen molar-refractivity contribution in [2.75, 3.05) is 0 Å². The summed E-state index contributed by atoms with van der Waals surface area (Å²) in [6.45, 7) is 1.89. The Morgan fingerprint density at radius 1 is 1.38 bits per heavy atom. The molecule has 0 saturated carbocycles. The van der Waals surface area contributed by atoms with Crippen LogP contribution in [0.2, 0.25) is 0 Å². The lowest BCUT2D eigenvalue weighted by Crippen LogP contribution is -2.19. The number of carboxylic acid groups (broad SMARTS) is 1. The Hall–Kier alpha value is -0.830. The topological polar surface area (TPSA) is 37.3 Å². The lowest BCUT2D eigenvalue weighted by molar-refractivity contribution is -0.136. The molecule has 0 aliphatic carbocycles. The summed E-state index contributed by atoms with van der Waals surface area (Å²) in [6, 6.07) is 9.60. The minimum atomic E-state index is -0.823. The first kappa shape index (κ1) is 10.3. The van der Waals surface area contributed by atoms with Gasteiger partial charge in [0, 0.05) is 5.92 Å². The van der Waals surface area contributed by atoms with E-state index in [0.29, 0.717) is 0 Å². The summed E-state index contributed by atoms with van der Waals surface area (Å²) in [6.07, 6.45) is 0. The average molecular weight is 243 g/mol. The van der Waals surface area contributed by atoms with Crippen molar-refractivity contribution in [2.24, 2.45) is 0 Å². The first-order chi connectivity index (χ1) is 6.13. The quantitative estimate of drug-likeness (QED) is 0.828. The second-order valence-electron chi connectivity index (χ2n) is 2.94. The summed E-state index contributed by atoms with van der Waals surface area (Å²) >= 11 is 3.14. The van der Waals surface area contributed by atoms with E-state index in [1.54, 1.807) is 0 Å². The monoisotopic (exact) mass is 242 g/mol. The Labute approximate surface area is 85.7 Å². The van der Waals surface area contributed by atoms with E-state index in [1.807, 2.05) is 37.3 Å². The number of carboxylic acids is 1. The molecule has 0 fully saturated rings. The van der Waals surface area contributed by atoms with Gasteiger partial charge in [-0.05, 0) is 5.56 Å². The van der Waals surface area contributed by atoms with E-state index in [9.17, 15) is 4.79 Å². The molecule has 0 spiro atoms. The van der Waals surface area contributed by atoms with Gasteiger partial charge in [0.1, 0.15) is 4.83 Å². The number of hydrogen-bond donors (Lipinski definition) is 1. The van der Waals surface area contributed by atoms with Crippen LogP contribution >= 0.6 is 15.9 Å². The third-order valence-corrected chi connectivity index (χ3v) is 3.18. The van der Waals surface area contributed by atoms with Crippen LogP contribution in [-0.4, -0.2) is 15.9 Å². The number of carbonyl (C=O) groups is 1. The standard InChI is InChI=1S/C10H11BrO2/c1-7(9(11)10(12)13)8-5-3-2-4-6-8/h2-7,9H,1H3,(H,12,13)/t7-,9+/m0/s1. The number of rotatable bonds is 3. The number of hydrogen-bond acceptors (Lipinski definition) is 1. The third kappa shape index (κ3) is 2.56. The van der Waals surface area contributed by atoms with Crippen LogP contribution in [0.15, 0.2) is 30.3 Å². The SMILES string of the molecule is C[C@@H](c1ccccc1)[C@@H](Br)C(=O)O. The maximum absolute atomic E-state index is 10.7. The normalized spacial score (nSPS) is 14.9. The zero-order valence-corrected chi connectivity index (χ0v) is 8.86. The number of aliphatic carboxylic acids is 1. The molecule has 1 N–H and O–H groups in total. The molecule has 1 aromatic carbocycles. The predicted molar refractivity (Wildman–Crippen MR) is 55.2 cm³/mol. The highest BCUT2D eigenvalue weighted by atomic mass is 79.9. The second-order valence-corrected chi connectivity index (χ2v) is 3.93. The molecule has 1 rings (SSSR count). The van der Waals surface area contributed by atoms with Gasteiger partial charge in [-0.2, -0.15) is 0 Å². The summed E-state index contributed by atoms with van der Waals surface area (Å²) in [7, 11) is 0. The largest absolute Gasteiger partial charge is 0.480 e. The predicted octanol–water partition coefficient (Wildman–Crippen LogP) is 2.64. The third-order valence-electron chi connectivity index (χ3n) is 2.00. The molecule has 0 amide bonds. The molecular weight excluding hydrogens is 232 g/mol. The molecule has 0 saturated heterocycles. The first-order valence-electron chi connectivity index (χ1n) is 4.04. The van der Waals surface area contributed by atoms with Gasteiger partial charge in [0.25, 0.3) is 0 Å². The van der Waals surface area contributed by atoms with Gasteiger partial charge >= 0.3 is 5.97 Å².